The molecule has 0 aromatic heterocycles. The first-order valence-electron chi connectivity index (χ1n) is 6.11. The zero-order valence-electron chi connectivity index (χ0n) is 9.84. The molecule has 0 radical (unpaired) electrons. The first-order valence-corrected chi connectivity index (χ1v) is 6.11. The summed E-state index contributed by atoms with van der Waals surface area (Å²) in [6, 6.07) is 0. The summed E-state index contributed by atoms with van der Waals surface area (Å²) < 4.78 is 0. The van der Waals surface area contributed by atoms with Gasteiger partial charge in [-0.1, -0.05) is 53.4 Å². The van der Waals surface area contributed by atoms with Crippen LogP contribution in [-0.4, -0.2) is 0 Å². The van der Waals surface area contributed by atoms with Crippen LogP contribution in [0.15, 0.2) is 0 Å². The Morgan fingerprint density at radius 2 is 1.62 bits per heavy atom. The highest BCUT2D eigenvalue weighted by Gasteiger charge is 2.22. The van der Waals surface area contributed by atoms with Crippen LogP contribution in [0.2, 0.25) is 0 Å². The molecule has 0 aliphatic heterocycles. The molecule has 0 nitrogen and oxygen atoms in total. The van der Waals surface area contributed by atoms with Crippen LogP contribution in [0.1, 0.15) is 59.8 Å². The molecule has 0 aromatic carbocycles. The van der Waals surface area contributed by atoms with E-state index in [-0.39, 0.29) is 0 Å². The molecule has 0 spiro atoms. The van der Waals surface area contributed by atoms with Gasteiger partial charge in [0, 0.05) is 0 Å². The molecule has 13 heavy (non-hydrogen) atoms. The van der Waals surface area contributed by atoms with Crippen molar-refractivity contribution in [1.82, 2.24) is 0 Å². The average Bonchev–Trinajstić information content (AvgIpc) is 2.28. The lowest BCUT2D eigenvalue weighted by atomic mass is 9.80. The largest absolute Gasteiger partial charge is 0.0625 e. The van der Waals surface area contributed by atoms with Gasteiger partial charge in [0.1, 0.15) is 0 Å². The second-order valence-corrected chi connectivity index (χ2v) is 5.48. The molecule has 3 unspecified atom stereocenters. The van der Waals surface area contributed by atoms with E-state index in [1.807, 2.05) is 0 Å². The predicted octanol–water partition coefficient (Wildman–Crippen LogP) is 4.49. The molecule has 0 amide bonds. The summed E-state index contributed by atoms with van der Waals surface area (Å²) >= 11 is 0. The molecule has 1 rings (SSSR count). The molecule has 78 valence electrons. The zero-order chi connectivity index (χ0) is 9.84. The number of rotatable bonds is 2. The molecule has 3 atom stereocenters. The quantitative estimate of drug-likeness (QED) is 0.552. The molecule has 0 aromatic rings. The second-order valence-electron chi connectivity index (χ2n) is 5.48. The summed E-state index contributed by atoms with van der Waals surface area (Å²) in [5, 5.41) is 0. The summed E-state index contributed by atoms with van der Waals surface area (Å²) in [6.07, 6.45) is 7.40. The van der Waals surface area contributed by atoms with Crippen molar-refractivity contribution in [2.24, 2.45) is 23.7 Å². The van der Waals surface area contributed by atoms with Crippen molar-refractivity contribution in [3.05, 3.63) is 0 Å². The molecule has 0 N–H and O–H groups in total. The Balaban J connectivity index is 2.41. The molecule has 0 saturated heterocycles. The molecular formula is C13H26. The van der Waals surface area contributed by atoms with Crippen molar-refractivity contribution in [2.45, 2.75) is 59.8 Å². The average molecular weight is 182 g/mol. The highest BCUT2D eigenvalue weighted by Crippen LogP contribution is 2.34. The van der Waals surface area contributed by atoms with Crippen LogP contribution in [0, 0.1) is 23.7 Å². The van der Waals surface area contributed by atoms with Crippen LogP contribution in [0.3, 0.4) is 0 Å². The van der Waals surface area contributed by atoms with E-state index in [4.69, 9.17) is 0 Å². The zero-order valence-corrected chi connectivity index (χ0v) is 9.84. The fraction of sp³-hybridized carbons (Fsp3) is 1.00. The summed E-state index contributed by atoms with van der Waals surface area (Å²) in [5.41, 5.74) is 0. The van der Waals surface area contributed by atoms with Gasteiger partial charge in [-0.25, -0.2) is 0 Å². The van der Waals surface area contributed by atoms with Gasteiger partial charge < -0.3 is 0 Å². The summed E-state index contributed by atoms with van der Waals surface area (Å²) in [6.45, 7) is 9.62. The first-order chi connectivity index (χ1) is 6.11. The van der Waals surface area contributed by atoms with E-state index >= 15 is 0 Å². The molecule has 1 fully saturated rings. The first kappa shape index (κ1) is 11.1. The molecule has 0 heteroatoms. The third-order valence-electron chi connectivity index (χ3n) is 4.10. The Labute approximate surface area is 84.1 Å². The van der Waals surface area contributed by atoms with Crippen LogP contribution >= 0.6 is 0 Å². The summed E-state index contributed by atoms with van der Waals surface area (Å²) in [7, 11) is 0. The van der Waals surface area contributed by atoms with Crippen LogP contribution in [-0.2, 0) is 0 Å². The smallest absolute Gasteiger partial charge is 0.0386 e. The lowest BCUT2D eigenvalue weighted by molar-refractivity contribution is 0.249. The Hall–Kier alpha value is 0. The Bertz CT molecular complexity index is 137. The molecule has 1 aliphatic carbocycles. The van der Waals surface area contributed by atoms with Gasteiger partial charge in [0.05, 0.1) is 0 Å². The Morgan fingerprint density at radius 3 is 2.23 bits per heavy atom. The maximum absolute atomic E-state index is 2.45. The van der Waals surface area contributed by atoms with Gasteiger partial charge in [0.15, 0.2) is 0 Å². The summed E-state index contributed by atoms with van der Waals surface area (Å²) in [4.78, 5) is 0. The Kier molecular flexibility index (Phi) is 4.28. The maximum Gasteiger partial charge on any atom is -0.0386 e. The van der Waals surface area contributed by atoms with E-state index in [0.717, 1.165) is 23.7 Å². The molecule has 0 bridgehead atoms. The third-order valence-corrected chi connectivity index (χ3v) is 4.10. The molecule has 1 aliphatic rings. The van der Waals surface area contributed by atoms with E-state index in [0.29, 0.717) is 0 Å². The van der Waals surface area contributed by atoms with E-state index in [2.05, 4.69) is 27.7 Å². The third kappa shape index (κ3) is 3.32. The van der Waals surface area contributed by atoms with Gasteiger partial charge in [-0.2, -0.15) is 0 Å². The monoisotopic (exact) mass is 182 g/mol. The highest BCUT2D eigenvalue weighted by molar-refractivity contribution is 4.74. The van der Waals surface area contributed by atoms with Crippen LogP contribution < -0.4 is 0 Å². The van der Waals surface area contributed by atoms with E-state index < -0.39 is 0 Å². The van der Waals surface area contributed by atoms with Crippen molar-refractivity contribution in [1.29, 1.82) is 0 Å². The van der Waals surface area contributed by atoms with Crippen molar-refractivity contribution < 1.29 is 0 Å². The number of hydrogen-bond acceptors (Lipinski definition) is 0. The van der Waals surface area contributed by atoms with E-state index in [1.54, 1.807) is 0 Å². The molecule has 1 saturated carbocycles. The topological polar surface area (TPSA) is 0 Å². The van der Waals surface area contributed by atoms with Crippen LogP contribution in [0.5, 0.6) is 0 Å². The van der Waals surface area contributed by atoms with Gasteiger partial charge in [-0.05, 0) is 30.1 Å². The van der Waals surface area contributed by atoms with Crippen molar-refractivity contribution in [3.63, 3.8) is 0 Å². The lowest BCUT2D eigenvalue weighted by Gasteiger charge is -2.25. The molecular weight excluding hydrogens is 156 g/mol. The standard InChI is InChI=1S/C13H26/c1-10(2)12(4)13-7-5-6-11(3)8-9-13/h10-13H,5-9H2,1-4H3. The number of hydrogen-bond donors (Lipinski definition) is 0. The minimum atomic E-state index is 0.874. The fourth-order valence-corrected chi connectivity index (χ4v) is 2.59. The lowest BCUT2D eigenvalue weighted by Crippen LogP contribution is -2.16. The van der Waals surface area contributed by atoms with E-state index in [9.17, 15) is 0 Å². The minimum Gasteiger partial charge on any atom is -0.0625 e. The second kappa shape index (κ2) is 5.02. The SMILES string of the molecule is CC1CCCC(C(C)C(C)C)CC1. The predicted molar refractivity (Wildman–Crippen MR) is 59.7 cm³/mol. The maximum atomic E-state index is 2.45. The van der Waals surface area contributed by atoms with E-state index in [1.165, 1.54) is 32.1 Å². The normalized spacial score (nSPS) is 33.0. The van der Waals surface area contributed by atoms with Gasteiger partial charge in [-0.15, -0.1) is 0 Å². The van der Waals surface area contributed by atoms with Gasteiger partial charge >= 0.3 is 0 Å². The summed E-state index contributed by atoms with van der Waals surface area (Å²) in [5.74, 6) is 3.82. The van der Waals surface area contributed by atoms with Crippen molar-refractivity contribution in [3.8, 4) is 0 Å². The Morgan fingerprint density at radius 1 is 0.923 bits per heavy atom. The van der Waals surface area contributed by atoms with Crippen molar-refractivity contribution in [2.75, 3.05) is 0 Å². The fourth-order valence-electron chi connectivity index (χ4n) is 2.59. The highest BCUT2D eigenvalue weighted by atomic mass is 14.3. The van der Waals surface area contributed by atoms with Gasteiger partial charge in [0.2, 0.25) is 0 Å². The van der Waals surface area contributed by atoms with Gasteiger partial charge in [-0.3, -0.25) is 0 Å². The van der Waals surface area contributed by atoms with Gasteiger partial charge in [0.25, 0.3) is 0 Å². The molecule has 0 heterocycles. The minimum absolute atomic E-state index is 0.874. The van der Waals surface area contributed by atoms with Crippen LogP contribution in [0.25, 0.3) is 0 Å². The van der Waals surface area contributed by atoms with Crippen molar-refractivity contribution >= 4 is 0 Å². The van der Waals surface area contributed by atoms with Crippen LogP contribution in [0.4, 0.5) is 0 Å².